The van der Waals surface area contributed by atoms with E-state index in [4.69, 9.17) is 9.47 Å². The van der Waals surface area contributed by atoms with E-state index in [9.17, 15) is 14.4 Å². The summed E-state index contributed by atoms with van der Waals surface area (Å²) in [5, 5.41) is 2.87. The van der Waals surface area contributed by atoms with Gasteiger partial charge in [-0.3, -0.25) is 24.6 Å². The summed E-state index contributed by atoms with van der Waals surface area (Å²) in [6, 6.07) is 7.00. The van der Waals surface area contributed by atoms with Gasteiger partial charge in [-0.1, -0.05) is 18.2 Å². The first-order chi connectivity index (χ1) is 13.0. The number of ether oxygens (including phenoxy) is 2. The highest BCUT2D eigenvalue weighted by Gasteiger charge is 2.51. The Labute approximate surface area is 158 Å². The fraction of sp³-hybridized carbons (Fsp3) is 0.526. The molecule has 3 rings (SSSR count). The van der Waals surface area contributed by atoms with Crippen LogP contribution in [0.25, 0.3) is 0 Å². The van der Waals surface area contributed by atoms with Gasteiger partial charge in [0.2, 0.25) is 11.8 Å². The second-order valence-electron chi connectivity index (χ2n) is 6.53. The van der Waals surface area contributed by atoms with Crippen molar-refractivity contribution in [1.82, 2.24) is 10.2 Å². The summed E-state index contributed by atoms with van der Waals surface area (Å²) in [7, 11) is 0. The highest BCUT2D eigenvalue weighted by molar-refractivity contribution is 6.07. The summed E-state index contributed by atoms with van der Waals surface area (Å²) in [6.45, 7) is 5.69. The van der Waals surface area contributed by atoms with Crippen molar-refractivity contribution in [2.75, 3.05) is 37.8 Å². The SMILES string of the molecule is CCOC(=O)[C@@H]1N[C@H]1C(=O)N(c1ccccc1)[C@@H](C)C(=O)N1CCOCC1. The number of nitrogens with one attached hydrogen (secondary N) is 1. The smallest absolute Gasteiger partial charge is 0.325 e. The molecule has 0 aliphatic carbocycles. The molecule has 8 heteroatoms. The number of rotatable bonds is 6. The molecule has 0 radical (unpaired) electrons. The molecule has 0 saturated carbocycles. The summed E-state index contributed by atoms with van der Waals surface area (Å²) >= 11 is 0. The third kappa shape index (κ3) is 4.28. The van der Waals surface area contributed by atoms with E-state index in [2.05, 4.69) is 5.32 Å². The van der Waals surface area contributed by atoms with E-state index in [1.807, 2.05) is 18.2 Å². The van der Waals surface area contributed by atoms with Crippen molar-refractivity contribution >= 4 is 23.5 Å². The fourth-order valence-electron chi connectivity index (χ4n) is 3.23. The number of hydrogen-bond acceptors (Lipinski definition) is 6. The number of carbonyl (C=O) groups excluding carboxylic acids is 3. The van der Waals surface area contributed by atoms with E-state index in [0.717, 1.165) is 0 Å². The number of anilines is 1. The predicted octanol–water partition coefficient (Wildman–Crippen LogP) is 0.170. The zero-order chi connectivity index (χ0) is 19.4. The van der Waals surface area contributed by atoms with Gasteiger partial charge >= 0.3 is 5.97 Å². The van der Waals surface area contributed by atoms with Crippen LogP contribution in [-0.2, 0) is 23.9 Å². The van der Waals surface area contributed by atoms with Crippen LogP contribution in [0.2, 0.25) is 0 Å². The van der Waals surface area contributed by atoms with Gasteiger partial charge in [0.25, 0.3) is 0 Å². The van der Waals surface area contributed by atoms with E-state index in [1.54, 1.807) is 30.9 Å². The minimum Gasteiger partial charge on any atom is -0.465 e. The molecule has 0 aromatic heterocycles. The third-order valence-electron chi connectivity index (χ3n) is 4.73. The van der Waals surface area contributed by atoms with Crippen molar-refractivity contribution in [1.29, 1.82) is 0 Å². The number of nitrogens with zero attached hydrogens (tertiary/aromatic N) is 2. The minimum absolute atomic E-state index is 0.135. The molecule has 1 aromatic carbocycles. The molecule has 8 nitrogen and oxygen atoms in total. The van der Waals surface area contributed by atoms with Crippen LogP contribution in [0.5, 0.6) is 0 Å². The summed E-state index contributed by atoms with van der Waals surface area (Å²) in [4.78, 5) is 41.1. The van der Waals surface area contributed by atoms with Crippen molar-refractivity contribution in [3.05, 3.63) is 30.3 Å². The molecule has 2 aliphatic heterocycles. The molecule has 1 N–H and O–H groups in total. The first-order valence-corrected chi connectivity index (χ1v) is 9.22. The lowest BCUT2D eigenvalue weighted by atomic mass is 10.1. The molecule has 2 aliphatic rings. The lowest BCUT2D eigenvalue weighted by Crippen LogP contribution is -2.53. The fourth-order valence-corrected chi connectivity index (χ4v) is 3.23. The maximum atomic E-state index is 13.1. The molecule has 3 atom stereocenters. The molecule has 27 heavy (non-hydrogen) atoms. The maximum absolute atomic E-state index is 13.1. The summed E-state index contributed by atoms with van der Waals surface area (Å²) in [6.07, 6.45) is 0. The Morgan fingerprint density at radius 3 is 2.52 bits per heavy atom. The molecule has 2 fully saturated rings. The Hall–Kier alpha value is -2.45. The van der Waals surface area contributed by atoms with E-state index in [1.165, 1.54) is 4.90 Å². The van der Waals surface area contributed by atoms with Crippen LogP contribution in [-0.4, -0.2) is 73.7 Å². The first kappa shape index (κ1) is 19.3. The molecule has 2 amide bonds. The number of hydrogen-bond donors (Lipinski definition) is 1. The number of carbonyl (C=O) groups is 3. The van der Waals surface area contributed by atoms with E-state index < -0.39 is 24.1 Å². The summed E-state index contributed by atoms with van der Waals surface area (Å²) < 4.78 is 10.3. The van der Waals surface area contributed by atoms with Gasteiger partial charge in [-0.15, -0.1) is 0 Å². The molecule has 0 spiro atoms. The lowest BCUT2D eigenvalue weighted by Gasteiger charge is -2.34. The van der Waals surface area contributed by atoms with Gasteiger partial charge < -0.3 is 14.4 Å². The van der Waals surface area contributed by atoms with E-state index in [-0.39, 0.29) is 18.4 Å². The normalized spacial score (nSPS) is 22.7. The Kier molecular flexibility index (Phi) is 6.08. The van der Waals surface area contributed by atoms with Gasteiger partial charge in [0.15, 0.2) is 0 Å². The van der Waals surface area contributed by atoms with Crippen molar-refractivity contribution in [3.8, 4) is 0 Å². The molecule has 2 saturated heterocycles. The number of amides is 2. The average molecular weight is 375 g/mol. The third-order valence-corrected chi connectivity index (χ3v) is 4.73. The standard InChI is InChI=1S/C19H25N3O5/c1-3-27-19(25)16-15(20-16)18(24)22(14-7-5-4-6-8-14)13(2)17(23)21-9-11-26-12-10-21/h4-8,13,15-16,20H,3,9-12H2,1-2H3/t13-,15+,16+/m0/s1. The topological polar surface area (TPSA) is 98.1 Å². The van der Waals surface area contributed by atoms with Gasteiger partial charge in [0.05, 0.1) is 19.8 Å². The quantitative estimate of drug-likeness (QED) is 0.562. The van der Waals surface area contributed by atoms with Crippen LogP contribution in [0.3, 0.4) is 0 Å². The van der Waals surface area contributed by atoms with E-state index in [0.29, 0.717) is 32.0 Å². The first-order valence-electron chi connectivity index (χ1n) is 9.22. The van der Waals surface area contributed by atoms with Crippen molar-refractivity contribution < 1.29 is 23.9 Å². The van der Waals surface area contributed by atoms with Crippen LogP contribution in [0.4, 0.5) is 5.69 Å². The largest absolute Gasteiger partial charge is 0.465 e. The monoisotopic (exact) mass is 375 g/mol. The van der Waals surface area contributed by atoms with Crippen LogP contribution in [0, 0.1) is 0 Å². The van der Waals surface area contributed by atoms with Gasteiger partial charge in [0, 0.05) is 18.8 Å². The number of morpholine rings is 1. The average Bonchev–Trinajstić information content (AvgIpc) is 3.50. The lowest BCUT2D eigenvalue weighted by molar-refractivity contribution is -0.143. The summed E-state index contributed by atoms with van der Waals surface area (Å²) in [5.74, 6) is -0.895. The molecule has 2 heterocycles. The zero-order valence-electron chi connectivity index (χ0n) is 15.6. The van der Waals surface area contributed by atoms with E-state index >= 15 is 0 Å². The molecule has 146 valence electrons. The molecule has 0 unspecified atom stereocenters. The Morgan fingerprint density at radius 2 is 1.89 bits per heavy atom. The van der Waals surface area contributed by atoms with Crippen LogP contribution < -0.4 is 10.2 Å². The van der Waals surface area contributed by atoms with Crippen LogP contribution >= 0.6 is 0 Å². The summed E-state index contributed by atoms with van der Waals surface area (Å²) in [5.41, 5.74) is 0.618. The maximum Gasteiger partial charge on any atom is 0.325 e. The number of para-hydroxylation sites is 1. The highest BCUT2D eigenvalue weighted by atomic mass is 16.5. The zero-order valence-corrected chi connectivity index (χ0v) is 15.6. The van der Waals surface area contributed by atoms with Gasteiger partial charge in [0.1, 0.15) is 18.1 Å². The molecule has 1 aromatic rings. The molecular formula is C19H25N3O5. The van der Waals surface area contributed by atoms with Crippen molar-refractivity contribution in [2.24, 2.45) is 0 Å². The van der Waals surface area contributed by atoms with Crippen LogP contribution in [0.15, 0.2) is 30.3 Å². The predicted molar refractivity (Wildman–Crippen MR) is 98.1 cm³/mol. The van der Waals surface area contributed by atoms with Crippen molar-refractivity contribution in [2.45, 2.75) is 32.0 Å². The Balaban J connectivity index is 1.78. The highest BCUT2D eigenvalue weighted by Crippen LogP contribution is 2.24. The number of esters is 1. The number of benzene rings is 1. The van der Waals surface area contributed by atoms with Crippen molar-refractivity contribution in [3.63, 3.8) is 0 Å². The van der Waals surface area contributed by atoms with Gasteiger partial charge in [-0.25, -0.2) is 0 Å². The second kappa shape index (κ2) is 8.49. The van der Waals surface area contributed by atoms with Gasteiger partial charge in [-0.05, 0) is 26.0 Å². The second-order valence-corrected chi connectivity index (χ2v) is 6.53. The molecular weight excluding hydrogens is 350 g/mol. The minimum atomic E-state index is -0.691. The Morgan fingerprint density at radius 1 is 1.22 bits per heavy atom. The molecule has 0 bridgehead atoms. The van der Waals surface area contributed by atoms with Gasteiger partial charge in [-0.2, -0.15) is 0 Å². The van der Waals surface area contributed by atoms with Crippen LogP contribution in [0.1, 0.15) is 13.8 Å². The Bertz CT molecular complexity index is 690.